The monoisotopic (exact) mass is 424 g/mol. The van der Waals surface area contributed by atoms with Crippen LogP contribution in [0.2, 0.25) is 0 Å². The molecule has 0 atom stereocenters. The van der Waals surface area contributed by atoms with Crippen LogP contribution in [0.5, 0.6) is 0 Å². The third-order valence-corrected chi connectivity index (χ3v) is 6.48. The Morgan fingerprint density at radius 1 is 1.03 bits per heavy atom. The first-order valence-electron chi connectivity index (χ1n) is 10.9. The van der Waals surface area contributed by atoms with E-state index in [1.807, 2.05) is 38.1 Å². The summed E-state index contributed by atoms with van der Waals surface area (Å²) in [4.78, 5) is 40.8. The first-order valence-corrected chi connectivity index (χ1v) is 10.9. The van der Waals surface area contributed by atoms with E-state index in [0.717, 1.165) is 37.7 Å². The molecular weight excluding hydrogens is 392 g/mol. The first kappa shape index (κ1) is 22.8. The number of aromatic nitrogens is 1. The van der Waals surface area contributed by atoms with E-state index >= 15 is 0 Å². The number of amides is 1. The van der Waals surface area contributed by atoms with Crippen LogP contribution in [0.25, 0.3) is 0 Å². The molecule has 2 aromatic rings. The van der Waals surface area contributed by atoms with Gasteiger partial charge in [-0.3, -0.25) is 9.59 Å². The average molecular weight is 425 g/mol. The number of hydrogen-bond acceptors (Lipinski definition) is 4. The number of methoxy groups -OCH3 is 1. The summed E-state index contributed by atoms with van der Waals surface area (Å²) in [6.45, 7) is 5.57. The predicted molar refractivity (Wildman–Crippen MR) is 120 cm³/mol. The molecule has 31 heavy (non-hydrogen) atoms. The summed E-state index contributed by atoms with van der Waals surface area (Å²) >= 11 is 0. The van der Waals surface area contributed by atoms with Crippen molar-refractivity contribution in [2.45, 2.75) is 58.9 Å². The van der Waals surface area contributed by atoms with Gasteiger partial charge < -0.3 is 14.2 Å². The largest absolute Gasteiger partial charge is 0.464 e. The van der Waals surface area contributed by atoms with Gasteiger partial charge in [0.1, 0.15) is 5.69 Å². The van der Waals surface area contributed by atoms with Gasteiger partial charge in [0.25, 0.3) is 5.91 Å². The minimum Gasteiger partial charge on any atom is -0.464 e. The summed E-state index contributed by atoms with van der Waals surface area (Å²) in [5.41, 5.74) is 3.86. The van der Waals surface area contributed by atoms with E-state index in [0.29, 0.717) is 28.1 Å². The molecule has 6 nitrogen and oxygen atoms in total. The van der Waals surface area contributed by atoms with Crippen molar-refractivity contribution < 1.29 is 19.1 Å². The highest BCUT2D eigenvalue weighted by Crippen LogP contribution is 2.27. The lowest BCUT2D eigenvalue weighted by Crippen LogP contribution is -2.44. The van der Waals surface area contributed by atoms with Gasteiger partial charge in [-0.15, -0.1) is 0 Å². The first-order chi connectivity index (χ1) is 14.8. The second-order valence-corrected chi connectivity index (χ2v) is 8.50. The molecule has 1 aliphatic carbocycles. The van der Waals surface area contributed by atoms with Crippen molar-refractivity contribution in [1.29, 1.82) is 0 Å². The van der Waals surface area contributed by atoms with Crippen LogP contribution < -0.4 is 0 Å². The number of rotatable bonds is 6. The van der Waals surface area contributed by atoms with E-state index in [-0.39, 0.29) is 24.3 Å². The number of aryl methyl sites for hydroxylation is 1. The number of carbonyl (C=O) groups excluding carboxylic acids is 3. The Morgan fingerprint density at radius 3 is 2.23 bits per heavy atom. The van der Waals surface area contributed by atoms with Crippen molar-refractivity contribution in [2.24, 2.45) is 7.05 Å². The minimum atomic E-state index is -0.470. The van der Waals surface area contributed by atoms with Gasteiger partial charge in [-0.1, -0.05) is 37.0 Å². The van der Waals surface area contributed by atoms with Crippen LogP contribution in [0.15, 0.2) is 24.3 Å². The summed E-state index contributed by atoms with van der Waals surface area (Å²) in [6, 6.07) is 7.54. The lowest BCUT2D eigenvalue weighted by atomic mass is 9.93. The molecule has 0 spiro atoms. The van der Waals surface area contributed by atoms with Crippen molar-refractivity contribution >= 4 is 17.7 Å². The maximum absolute atomic E-state index is 13.4. The van der Waals surface area contributed by atoms with E-state index in [9.17, 15) is 14.4 Å². The molecule has 1 aromatic heterocycles. The highest BCUT2D eigenvalue weighted by molar-refractivity contribution is 6.06. The molecule has 0 N–H and O–H groups in total. The lowest BCUT2D eigenvalue weighted by molar-refractivity contribution is 0.0585. The van der Waals surface area contributed by atoms with Gasteiger partial charge >= 0.3 is 5.97 Å². The van der Waals surface area contributed by atoms with Crippen LogP contribution in [0.1, 0.15) is 80.1 Å². The molecule has 1 fully saturated rings. The third-order valence-electron chi connectivity index (χ3n) is 6.48. The van der Waals surface area contributed by atoms with Crippen LogP contribution in [-0.4, -0.2) is 46.8 Å². The highest BCUT2D eigenvalue weighted by Gasteiger charge is 2.31. The molecule has 1 aliphatic rings. The standard InChI is InChI=1S/C25H32N2O4/c1-16-11-13-19(14-12-16)24(29)27(20-9-7-6-8-10-20)15-21(28)22-17(2)23(25(30)31-5)26(4)18(22)3/h11-14,20H,6-10,15H2,1-5H3. The second kappa shape index (κ2) is 9.50. The van der Waals surface area contributed by atoms with Gasteiger partial charge in [-0.2, -0.15) is 0 Å². The Labute approximate surface area is 184 Å². The topological polar surface area (TPSA) is 68.6 Å². The van der Waals surface area contributed by atoms with Gasteiger partial charge in [0, 0.05) is 29.9 Å². The van der Waals surface area contributed by atoms with Crippen molar-refractivity contribution in [3.8, 4) is 0 Å². The Morgan fingerprint density at radius 2 is 1.65 bits per heavy atom. The quantitative estimate of drug-likeness (QED) is 0.509. The minimum absolute atomic E-state index is 0.00365. The number of ketones is 1. The summed E-state index contributed by atoms with van der Waals surface area (Å²) < 4.78 is 6.59. The fraction of sp³-hybridized carbons (Fsp3) is 0.480. The van der Waals surface area contributed by atoms with Gasteiger partial charge in [0.05, 0.1) is 13.7 Å². The maximum Gasteiger partial charge on any atom is 0.354 e. The summed E-state index contributed by atoms with van der Waals surface area (Å²) in [5, 5.41) is 0. The summed E-state index contributed by atoms with van der Waals surface area (Å²) in [6.07, 6.45) is 5.10. The number of Topliss-reactive ketones (excluding diaryl/α,β-unsaturated/α-hetero) is 1. The normalized spacial score (nSPS) is 14.4. The SMILES string of the molecule is COC(=O)c1c(C)c(C(=O)CN(C(=O)c2ccc(C)cc2)C2CCCCC2)c(C)n1C. The van der Waals surface area contributed by atoms with E-state index in [2.05, 4.69) is 0 Å². The zero-order valence-electron chi connectivity index (χ0n) is 19.2. The third kappa shape index (κ3) is 4.58. The fourth-order valence-corrected chi connectivity index (χ4v) is 4.63. The Balaban J connectivity index is 1.94. The van der Waals surface area contributed by atoms with Gasteiger partial charge in [0.15, 0.2) is 5.78 Å². The zero-order valence-corrected chi connectivity index (χ0v) is 19.2. The van der Waals surface area contributed by atoms with Gasteiger partial charge in [-0.25, -0.2) is 4.79 Å². The van der Waals surface area contributed by atoms with Gasteiger partial charge in [0.2, 0.25) is 0 Å². The van der Waals surface area contributed by atoms with Crippen LogP contribution in [-0.2, 0) is 11.8 Å². The molecule has 0 unspecified atom stereocenters. The van der Waals surface area contributed by atoms with Crippen molar-refractivity contribution in [1.82, 2.24) is 9.47 Å². The fourth-order valence-electron chi connectivity index (χ4n) is 4.63. The van der Waals surface area contributed by atoms with Crippen LogP contribution >= 0.6 is 0 Å². The molecule has 1 aromatic carbocycles. The molecule has 166 valence electrons. The smallest absolute Gasteiger partial charge is 0.354 e. The molecule has 3 rings (SSSR count). The molecule has 0 aliphatic heterocycles. The Bertz CT molecular complexity index is 982. The highest BCUT2D eigenvalue weighted by atomic mass is 16.5. The summed E-state index contributed by atoms with van der Waals surface area (Å²) in [5.74, 6) is -0.728. The number of hydrogen-bond donors (Lipinski definition) is 0. The molecular formula is C25H32N2O4. The lowest BCUT2D eigenvalue weighted by Gasteiger charge is -2.34. The molecule has 6 heteroatoms. The van der Waals surface area contributed by atoms with Crippen LogP contribution in [0, 0.1) is 20.8 Å². The van der Waals surface area contributed by atoms with Crippen molar-refractivity contribution in [3.63, 3.8) is 0 Å². The molecule has 0 saturated heterocycles. The van der Waals surface area contributed by atoms with E-state index < -0.39 is 5.97 Å². The molecule has 1 amide bonds. The Kier molecular flexibility index (Phi) is 6.98. The second-order valence-electron chi connectivity index (χ2n) is 8.50. The molecule has 1 heterocycles. The average Bonchev–Trinajstić information content (AvgIpc) is 3.00. The maximum atomic E-state index is 13.4. The van der Waals surface area contributed by atoms with Gasteiger partial charge in [-0.05, 0) is 51.3 Å². The molecule has 0 radical (unpaired) electrons. The number of nitrogens with zero attached hydrogens (tertiary/aromatic N) is 2. The van der Waals surface area contributed by atoms with E-state index in [1.165, 1.54) is 7.11 Å². The van der Waals surface area contributed by atoms with Crippen LogP contribution in [0.3, 0.4) is 0 Å². The molecule has 0 bridgehead atoms. The van der Waals surface area contributed by atoms with Crippen LogP contribution in [0.4, 0.5) is 0 Å². The van der Waals surface area contributed by atoms with E-state index in [1.54, 1.807) is 23.4 Å². The number of esters is 1. The predicted octanol–water partition coefficient (Wildman–Crippen LogP) is 4.39. The number of ether oxygens (including phenoxy) is 1. The van der Waals surface area contributed by atoms with E-state index in [4.69, 9.17) is 4.74 Å². The number of carbonyl (C=O) groups is 3. The number of benzene rings is 1. The molecule has 1 saturated carbocycles. The zero-order chi connectivity index (χ0) is 22.7. The Hall–Kier alpha value is -2.89. The van der Waals surface area contributed by atoms with Crippen molar-refractivity contribution in [3.05, 3.63) is 57.9 Å². The van der Waals surface area contributed by atoms with Crippen molar-refractivity contribution in [2.75, 3.05) is 13.7 Å². The summed E-state index contributed by atoms with van der Waals surface area (Å²) in [7, 11) is 3.08.